The first-order chi connectivity index (χ1) is 8.72. The van der Waals surface area contributed by atoms with Gasteiger partial charge in [-0.1, -0.05) is 23.2 Å². The zero-order valence-electron chi connectivity index (χ0n) is 10.5. The Labute approximate surface area is 120 Å². The number of nitrogens with one attached hydrogen (secondary N) is 2. The van der Waals surface area contributed by atoms with E-state index in [1.54, 1.807) is 12.1 Å². The molecule has 19 heavy (non-hydrogen) atoms. The average molecular weight is 305 g/mol. The van der Waals surface area contributed by atoms with Gasteiger partial charge in [0, 0.05) is 12.2 Å². The van der Waals surface area contributed by atoms with Crippen LogP contribution in [0.2, 0.25) is 10.0 Å². The van der Waals surface area contributed by atoms with Crippen LogP contribution >= 0.6 is 23.2 Å². The first-order valence-corrected chi connectivity index (χ1v) is 6.21. The number of hydrogen-bond donors (Lipinski definition) is 3. The van der Waals surface area contributed by atoms with Gasteiger partial charge in [-0.05, 0) is 32.0 Å². The Balaban J connectivity index is 2.56. The molecule has 1 aromatic rings. The summed E-state index contributed by atoms with van der Waals surface area (Å²) < 4.78 is 0. The molecule has 0 saturated heterocycles. The maximum absolute atomic E-state index is 11.6. The van der Waals surface area contributed by atoms with Gasteiger partial charge < -0.3 is 15.7 Å². The summed E-state index contributed by atoms with van der Waals surface area (Å²) in [4.78, 5) is 22.5. The zero-order valence-corrected chi connectivity index (χ0v) is 12.0. The summed E-state index contributed by atoms with van der Waals surface area (Å²) in [5.41, 5.74) is -0.561. The molecular weight excluding hydrogens is 291 g/mol. The minimum Gasteiger partial charge on any atom is -0.481 e. The Bertz CT molecular complexity index is 504. The van der Waals surface area contributed by atoms with Gasteiger partial charge >= 0.3 is 12.0 Å². The number of carbonyl (C=O) groups is 2. The Hall–Kier alpha value is -1.46. The first-order valence-electron chi connectivity index (χ1n) is 5.45. The van der Waals surface area contributed by atoms with Crippen molar-refractivity contribution < 1.29 is 14.7 Å². The van der Waals surface area contributed by atoms with E-state index in [0.717, 1.165) is 0 Å². The minimum atomic E-state index is -1.03. The lowest BCUT2D eigenvalue weighted by atomic mass is 9.94. The number of urea groups is 1. The van der Waals surface area contributed by atoms with Gasteiger partial charge in [0.25, 0.3) is 0 Å². The molecule has 3 N–H and O–H groups in total. The molecule has 0 heterocycles. The van der Waals surface area contributed by atoms with Crippen molar-refractivity contribution in [3.05, 3.63) is 28.2 Å². The molecule has 5 nitrogen and oxygen atoms in total. The van der Waals surface area contributed by atoms with Gasteiger partial charge in [-0.15, -0.1) is 0 Å². The summed E-state index contributed by atoms with van der Waals surface area (Å²) >= 11 is 11.6. The topological polar surface area (TPSA) is 78.4 Å². The molecule has 104 valence electrons. The predicted octanol–water partition coefficient (Wildman–Crippen LogP) is 3.23. The second-order valence-corrected chi connectivity index (χ2v) is 5.44. The van der Waals surface area contributed by atoms with E-state index in [1.165, 1.54) is 19.9 Å². The Kier molecular flexibility index (Phi) is 5.03. The van der Waals surface area contributed by atoms with E-state index >= 15 is 0 Å². The molecule has 0 aromatic heterocycles. The summed E-state index contributed by atoms with van der Waals surface area (Å²) in [6, 6.07) is 4.15. The van der Waals surface area contributed by atoms with Crippen molar-refractivity contribution >= 4 is 40.9 Å². The highest BCUT2D eigenvalue weighted by molar-refractivity contribution is 6.42. The molecule has 0 fully saturated rings. The van der Waals surface area contributed by atoms with Crippen molar-refractivity contribution in [3.63, 3.8) is 0 Å². The molecule has 0 bridgehead atoms. The molecule has 0 saturated carbocycles. The second kappa shape index (κ2) is 6.12. The molecule has 0 atom stereocenters. The Morgan fingerprint density at radius 2 is 1.89 bits per heavy atom. The average Bonchev–Trinajstić information content (AvgIpc) is 2.31. The summed E-state index contributed by atoms with van der Waals surface area (Å²) in [5, 5.41) is 14.6. The highest BCUT2D eigenvalue weighted by Gasteiger charge is 2.27. The van der Waals surface area contributed by atoms with Gasteiger partial charge in [-0.2, -0.15) is 0 Å². The SMILES string of the molecule is CC(C)(CNC(=O)Nc1ccc(Cl)c(Cl)c1)C(=O)O. The van der Waals surface area contributed by atoms with Gasteiger partial charge in [0.05, 0.1) is 15.5 Å². The third-order valence-electron chi connectivity index (χ3n) is 2.45. The Morgan fingerprint density at radius 3 is 2.42 bits per heavy atom. The van der Waals surface area contributed by atoms with Gasteiger partial charge in [0.2, 0.25) is 0 Å². The van der Waals surface area contributed by atoms with Crippen LogP contribution in [0.25, 0.3) is 0 Å². The molecule has 7 heteroatoms. The molecular formula is C12H14Cl2N2O3. The van der Waals surface area contributed by atoms with Crippen molar-refractivity contribution in [2.75, 3.05) is 11.9 Å². The van der Waals surface area contributed by atoms with Crippen molar-refractivity contribution in [3.8, 4) is 0 Å². The molecule has 0 unspecified atom stereocenters. The summed E-state index contributed by atoms with van der Waals surface area (Å²) in [6.07, 6.45) is 0. The van der Waals surface area contributed by atoms with Crippen LogP contribution in [-0.2, 0) is 4.79 Å². The smallest absolute Gasteiger partial charge is 0.319 e. The summed E-state index contributed by atoms with van der Waals surface area (Å²) in [7, 11) is 0. The highest BCUT2D eigenvalue weighted by Crippen LogP contribution is 2.24. The van der Waals surface area contributed by atoms with Crippen LogP contribution in [0.3, 0.4) is 0 Å². The number of carboxylic acid groups (broad SMARTS) is 1. The van der Waals surface area contributed by atoms with Gasteiger partial charge in [0.1, 0.15) is 0 Å². The lowest BCUT2D eigenvalue weighted by molar-refractivity contribution is -0.146. The molecule has 2 amide bonds. The molecule has 1 aromatic carbocycles. The van der Waals surface area contributed by atoms with Gasteiger partial charge in [-0.3, -0.25) is 4.79 Å². The van der Waals surface area contributed by atoms with E-state index < -0.39 is 17.4 Å². The molecule has 0 aliphatic carbocycles. The van der Waals surface area contributed by atoms with Crippen LogP contribution < -0.4 is 10.6 Å². The number of hydrogen-bond acceptors (Lipinski definition) is 2. The number of amides is 2. The van der Waals surface area contributed by atoms with Crippen molar-refractivity contribution in [1.29, 1.82) is 0 Å². The van der Waals surface area contributed by atoms with E-state index in [1.807, 2.05) is 0 Å². The van der Waals surface area contributed by atoms with E-state index in [-0.39, 0.29) is 6.54 Å². The summed E-state index contributed by atoms with van der Waals surface area (Å²) in [5.74, 6) is -0.984. The standard InChI is InChI=1S/C12H14Cl2N2O3/c1-12(2,10(17)18)6-15-11(19)16-7-3-4-8(13)9(14)5-7/h3-5H,6H2,1-2H3,(H,17,18)(H2,15,16,19). The van der Waals surface area contributed by atoms with Crippen LogP contribution in [0.4, 0.5) is 10.5 Å². The zero-order chi connectivity index (χ0) is 14.6. The summed E-state index contributed by atoms with van der Waals surface area (Å²) in [6.45, 7) is 3.05. The monoisotopic (exact) mass is 304 g/mol. The minimum absolute atomic E-state index is 0.00941. The third-order valence-corrected chi connectivity index (χ3v) is 3.19. The van der Waals surface area contributed by atoms with E-state index in [0.29, 0.717) is 15.7 Å². The largest absolute Gasteiger partial charge is 0.481 e. The Morgan fingerprint density at radius 1 is 1.26 bits per heavy atom. The maximum atomic E-state index is 11.6. The van der Waals surface area contributed by atoms with Crippen LogP contribution in [0, 0.1) is 5.41 Å². The number of rotatable bonds is 4. The second-order valence-electron chi connectivity index (χ2n) is 4.63. The van der Waals surface area contributed by atoms with E-state index in [4.69, 9.17) is 28.3 Å². The van der Waals surface area contributed by atoms with Crippen molar-refractivity contribution in [2.24, 2.45) is 5.41 Å². The molecule has 0 radical (unpaired) electrons. The number of benzene rings is 1. The fourth-order valence-corrected chi connectivity index (χ4v) is 1.42. The lowest BCUT2D eigenvalue weighted by Gasteiger charge is -2.19. The molecule has 0 aliphatic heterocycles. The number of carboxylic acids is 1. The number of halogens is 2. The number of carbonyl (C=O) groups excluding carboxylic acids is 1. The van der Waals surface area contributed by atoms with Gasteiger partial charge in [-0.25, -0.2) is 4.79 Å². The predicted molar refractivity (Wildman–Crippen MR) is 74.9 cm³/mol. The molecule has 0 spiro atoms. The van der Waals surface area contributed by atoms with E-state index in [9.17, 15) is 9.59 Å². The number of anilines is 1. The van der Waals surface area contributed by atoms with Crippen LogP contribution in [0.1, 0.15) is 13.8 Å². The normalized spacial score (nSPS) is 10.9. The fraction of sp³-hybridized carbons (Fsp3) is 0.333. The van der Waals surface area contributed by atoms with Crippen LogP contribution in [0.5, 0.6) is 0 Å². The lowest BCUT2D eigenvalue weighted by Crippen LogP contribution is -2.40. The number of aliphatic carboxylic acids is 1. The van der Waals surface area contributed by atoms with E-state index in [2.05, 4.69) is 10.6 Å². The van der Waals surface area contributed by atoms with Gasteiger partial charge in [0.15, 0.2) is 0 Å². The third kappa shape index (κ3) is 4.61. The quantitative estimate of drug-likeness (QED) is 0.799. The highest BCUT2D eigenvalue weighted by atomic mass is 35.5. The van der Waals surface area contributed by atoms with Crippen LogP contribution in [0.15, 0.2) is 18.2 Å². The van der Waals surface area contributed by atoms with Crippen molar-refractivity contribution in [2.45, 2.75) is 13.8 Å². The van der Waals surface area contributed by atoms with Crippen LogP contribution in [-0.4, -0.2) is 23.7 Å². The maximum Gasteiger partial charge on any atom is 0.319 e. The molecule has 0 aliphatic rings. The molecule has 1 rings (SSSR count). The first kappa shape index (κ1) is 15.6. The van der Waals surface area contributed by atoms with Crippen molar-refractivity contribution in [1.82, 2.24) is 5.32 Å². The fourth-order valence-electron chi connectivity index (χ4n) is 1.13.